The van der Waals surface area contributed by atoms with Crippen LogP contribution in [0.2, 0.25) is 0 Å². The SMILES string of the molecule is CCC1Oc2ccc(NC(=O)Cc3cccs3)cc2CN(Cc2ccccc2F)C1=O. The third-order valence-corrected chi connectivity index (χ3v) is 6.04. The molecule has 1 unspecified atom stereocenters. The Bertz CT molecular complexity index is 1080. The van der Waals surface area contributed by atoms with E-state index in [0.717, 1.165) is 10.4 Å². The molecule has 1 aromatic heterocycles. The minimum atomic E-state index is -0.632. The van der Waals surface area contributed by atoms with Gasteiger partial charge in [-0.3, -0.25) is 9.59 Å². The summed E-state index contributed by atoms with van der Waals surface area (Å²) in [6.45, 7) is 2.31. The number of nitrogens with one attached hydrogen (secondary N) is 1. The first-order valence-electron chi connectivity index (χ1n) is 10.2. The summed E-state index contributed by atoms with van der Waals surface area (Å²) in [6.07, 6.45) is 0.180. The minimum absolute atomic E-state index is 0.109. The molecule has 2 aromatic carbocycles. The van der Waals surface area contributed by atoms with Crippen LogP contribution in [-0.2, 0) is 29.1 Å². The van der Waals surface area contributed by atoms with Gasteiger partial charge in [0.2, 0.25) is 5.91 Å². The third kappa shape index (κ3) is 4.94. The van der Waals surface area contributed by atoms with Gasteiger partial charge in [0.1, 0.15) is 11.6 Å². The Kier molecular flexibility index (Phi) is 6.32. The maximum absolute atomic E-state index is 14.2. The van der Waals surface area contributed by atoms with E-state index in [1.165, 1.54) is 17.4 Å². The summed E-state index contributed by atoms with van der Waals surface area (Å²) in [5, 5.41) is 4.85. The van der Waals surface area contributed by atoms with Gasteiger partial charge >= 0.3 is 0 Å². The van der Waals surface area contributed by atoms with Crippen LogP contribution in [0.15, 0.2) is 60.0 Å². The Morgan fingerprint density at radius 1 is 1.23 bits per heavy atom. The molecule has 0 saturated heterocycles. The molecule has 4 rings (SSSR count). The number of anilines is 1. The Morgan fingerprint density at radius 2 is 2.06 bits per heavy atom. The smallest absolute Gasteiger partial charge is 0.264 e. The van der Waals surface area contributed by atoms with Crippen LogP contribution in [0.5, 0.6) is 5.75 Å². The van der Waals surface area contributed by atoms with Gasteiger partial charge in [0.15, 0.2) is 6.10 Å². The molecule has 1 atom stereocenters. The summed E-state index contributed by atoms with van der Waals surface area (Å²) in [6, 6.07) is 15.7. The van der Waals surface area contributed by atoms with Gasteiger partial charge in [-0.05, 0) is 42.1 Å². The molecule has 7 heteroatoms. The topological polar surface area (TPSA) is 58.6 Å². The number of thiophene rings is 1. The van der Waals surface area contributed by atoms with Gasteiger partial charge in [-0.1, -0.05) is 31.2 Å². The highest BCUT2D eigenvalue weighted by Gasteiger charge is 2.30. The minimum Gasteiger partial charge on any atom is -0.480 e. The zero-order chi connectivity index (χ0) is 21.8. The number of fused-ring (bicyclic) bond motifs is 1. The molecule has 0 radical (unpaired) electrons. The lowest BCUT2D eigenvalue weighted by Crippen LogP contribution is -2.39. The number of rotatable bonds is 6. The zero-order valence-electron chi connectivity index (χ0n) is 17.1. The van der Waals surface area contributed by atoms with Crippen molar-refractivity contribution < 1.29 is 18.7 Å². The monoisotopic (exact) mass is 438 g/mol. The van der Waals surface area contributed by atoms with Crippen molar-refractivity contribution in [2.45, 2.75) is 39.0 Å². The Morgan fingerprint density at radius 3 is 2.81 bits per heavy atom. The van der Waals surface area contributed by atoms with E-state index < -0.39 is 6.10 Å². The molecule has 31 heavy (non-hydrogen) atoms. The average Bonchev–Trinajstić information content (AvgIpc) is 3.22. The molecule has 2 amide bonds. The Balaban J connectivity index is 1.56. The zero-order valence-corrected chi connectivity index (χ0v) is 18.0. The van der Waals surface area contributed by atoms with Crippen LogP contribution in [0.25, 0.3) is 0 Å². The van der Waals surface area contributed by atoms with Crippen LogP contribution in [0.4, 0.5) is 10.1 Å². The van der Waals surface area contributed by atoms with Crippen molar-refractivity contribution in [1.82, 2.24) is 4.90 Å². The fourth-order valence-electron chi connectivity index (χ4n) is 3.59. The lowest BCUT2D eigenvalue weighted by atomic mass is 10.1. The van der Waals surface area contributed by atoms with Crippen LogP contribution in [0, 0.1) is 5.82 Å². The lowest BCUT2D eigenvalue weighted by molar-refractivity contribution is -0.139. The molecule has 0 aliphatic carbocycles. The molecule has 0 bridgehead atoms. The van der Waals surface area contributed by atoms with Crippen molar-refractivity contribution in [2.75, 3.05) is 5.32 Å². The molecular formula is C24H23FN2O3S. The molecule has 0 saturated carbocycles. The van der Waals surface area contributed by atoms with Crippen molar-refractivity contribution in [3.63, 3.8) is 0 Å². The van der Waals surface area contributed by atoms with Crippen molar-refractivity contribution in [2.24, 2.45) is 0 Å². The van der Waals surface area contributed by atoms with Crippen molar-refractivity contribution >= 4 is 28.8 Å². The first-order valence-corrected chi connectivity index (χ1v) is 11.1. The summed E-state index contributed by atoms with van der Waals surface area (Å²) < 4.78 is 20.2. The predicted octanol–water partition coefficient (Wildman–Crippen LogP) is 4.77. The quantitative estimate of drug-likeness (QED) is 0.603. The average molecular weight is 439 g/mol. The van der Waals surface area contributed by atoms with Crippen LogP contribution in [0.1, 0.15) is 29.3 Å². The number of nitrogens with zero attached hydrogens (tertiary/aromatic N) is 1. The number of halogens is 1. The fourth-order valence-corrected chi connectivity index (χ4v) is 4.29. The lowest BCUT2D eigenvalue weighted by Gasteiger charge is -2.23. The van der Waals surface area contributed by atoms with Gasteiger partial charge in [-0.25, -0.2) is 4.39 Å². The Labute approximate surface area is 184 Å². The molecule has 0 spiro atoms. The second-order valence-corrected chi connectivity index (χ2v) is 8.46. The second kappa shape index (κ2) is 9.31. The van der Waals surface area contributed by atoms with Crippen LogP contribution >= 0.6 is 11.3 Å². The van der Waals surface area contributed by atoms with E-state index >= 15 is 0 Å². The van der Waals surface area contributed by atoms with E-state index in [4.69, 9.17) is 4.74 Å². The maximum Gasteiger partial charge on any atom is 0.264 e. The van der Waals surface area contributed by atoms with E-state index in [9.17, 15) is 14.0 Å². The summed E-state index contributed by atoms with van der Waals surface area (Å²) >= 11 is 1.54. The molecule has 0 fully saturated rings. The molecule has 5 nitrogen and oxygen atoms in total. The number of hydrogen-bond donors (Lipinski definition) is 1. The first kappa shape index (κ1) is 21.1. The van der Waals surface area contributed by atoms with Gasteiger partial charge in [-0.2, -0.15) is 0 Å². The Hall–Kier alpha value is -3.19. The van der Waals surface area contributed by atoms with Crippen molar-refractivity contribution in [3.8, 4) is 5.75 Å². The molecule has 1 N–H and O–H groups in total. The number of carbonyl (C=O) groups is 2. The third-order valence-electron chi connectivity index (χ3n) is 5.17. The summed E-state index contributed by atoms with van der Waals surface area (Å²) in [4.78, 5) is 28.0. The highest BCUT2D eigenvalue weighted by Crippen LogP contribution is 2.30. The van der Waals surface area contributed by atoms with Crippen molar-refractivity contribution in [3.05, 3.63) is 81.8 Å². The van der Waals surface area contributed by atoms with E-state index in [1.807, 2.05) is 30.5 Å². The van der Waals surface area contributed by atoms with Gasteiger partial charge < -0.3 is 15.0 Å². The number of amides is 2. The van der Waals surface area contributed by atoms with E-state index in [-0.39, 0.29) is 30.7 Å². The molecule has 1 aliphatic rings. The normalized spacial score (nSPS) is 15.7. The number of hydrogen-bond acceptors (Lipinski definition) is 4. The van der Waals surface area contributed by atoms with Gasteiger partial charge in [0.25, 0.3) is 5.91 Å². The molecule has 2 heterocycles. The van der Waals surface area contributed by atoms with Crippen molar-refractivity contribution in [1.29, 1.82) is 0 Å². The largest absolute Gasteiger partial charge is 0.480 e. The van der Waals surface area contributed by atoms with E-state index in [1.54, 1.807) is 35.2 Å². The highest BCUT2D eigenvalue weighted by atomic mass is 32.1. The summed E-state index contributed by atoms with van der Waals surface area (Å²) in [7, 11) is 0. The standard InChI is InChI=1S/C24H23FN2O3S/c1-2-21-24(29)27(14-16-6-3-4-8-20(16)25)15-17-12-18(9-10-22(17)30-21)26-23(28)13-19-7-5-11-31-19/h3-12,21H,2,13-15H2,1H3,(H,26,28). The molecule has 1 aliphatic heterocycles. The number of benzene rings is 2. The predicted molar refractivity (Wildman–Crippen MR) is 118 cm³/mol. The number of carbonyl (C=O) groups excluding carboxylic acids is 2. The van der Waals surface area contributed by atoms with Gasteiger partial charge in [0.05, 0.1) is 6.42 Å². The summed E-state index contributed by atoms with van der Waals surface area (Å²) in [5.74, 6) is -0.0243. The summed E-state index contributed by atoms with van der Waals surface area (Å²) in [5.41, 5.74) is 1.86. The highest BCUT2D eigenvalue weighted by molar-refractivity contribution is 7.10. The van der Waals surface area contributed by atoms with Crippen LogP contribution in [-0.4, -0.2) is 22.8 Å². The van der Waals surface area contributed by atoms with Crippen LogP contribution < -0.4 is 10.1 Å². The molecular weight excluding hydrogens is 415 g/mol. The van der Waals surface area contributed by atoms with Gasteiger partial charge in [0, 0.05) is 34.8 Å². The van der Waals surface area contributed by atoms with E-state index in [0.29, 0.717) is 29.8 Å². The second-order valence-electron chi connectivity index (χ2n) is 7.43. The van der Waals surface area contributed by atoms with Crippen LogP contribution in [0.3, 0.4) is 0 Å². The molecule has 3 aromatic rings. The first-order chi connectivity index (χ1) is 15.0. The molecule has 160 valence electrons. The fraction of sp³-hybridized carbons (Fsp3) is 0.250. The van der Waals surface area contributed by atoms with Gasteiger partial charge in [-0.15, -0.1) is 11.3 Å². The number of ether oxygens (including phenoxy) is 1. The maximum atomic E-state index is 14.2. The van der Waals surface area contributed by atoms with E-state index in [2.05, 4.69) is 5.32 Å².